The van der Waals surface area contributed by atoms with Crippen molar-refractivity contribution < 1.29 is 45.2 Å². The van der Waals surface area contributed by atoms with Crippen molar-refractivity contribution in [2.75, 3.05) is 36.4 Å². The zero-order valence-corrected chi connectivity index (χ0v) is 43.8. The summed E-state index contributed by atoms with van der Waals surface area (Å²) in [5.41, 5.74) is 2.65. The summed E-state index contributed by atoms with van der Waals surface area (Å²) in [7, 11) is -7.85. The van der Waals surface area contributed by atoms with Gasteiger partial charge in [0.05, 0.1) is 14.8 Å². The lowest BCUT2D eigenvalue weighted by Gasteiger charge is -2.28. The molecular formula is C52H69ClFN5O9S2. The van der Waals surface area contributed by atoms with E-state index >= 15 is 0 Å². The van der Waals surface area contributed by atoms with Crippen LogP contribution in [0.4, 0.5) is 20.6 Å². The van der Waals surface area contributed by atoms with Crippen LogP contribution in [-0.2, 0) is 51.6 Å². The number of nitrogens with one attached hydrogen (secondary N) is 3. The highest BCUT2D eigenvalue weighted by molar-refractivity contribution is 7.95. The summed E-state index contributed by atoms with van der Waals surface area (Å²) >= 11 is 5.92. The fraction of sp³-hybridized carbons (Fsp3) is 0.462. The third-order valence-electron chi connectivity index (χ3n) is 12.5. The molecule has 0 bridgehead atoms. The van der Waals surface area contributed by atoms with Gasteiger partial charge in [-0.2, -0.15) is 8.42 Å². The molecule has 0 saturated carbocycles. The molecule has 0 aliphatic carbocycles. The average molecular weight is 1030 g/mol. The summed E-state index contributed by atoms with van der Waals surface area (Å²) in [6.07, 6.45) is 12.3. The minimum atomic E-state index is -4.45. The number of nitrogens with zero attached hydrogens (tertiary/aromatic N) is 2. The van der Waals surface area contributed by atoms with Crippen LogP contribution in [0.15, 0.2) is 100 Å². The van der Waals surface area contributed by atoms with E-state index in [1.54, 1.807) is 45.0 Å². The van der Waals surface area contributed by atoms with E-state index in [9.17, 15) is 40.5 Å². The van der Waals surface area contributed by atoms with Crippen LogP contribution in [0.5, 0.6) is 0 Å². The number of amides is 3. The quantitative estimate of drug-likeness (QED) is 0.0313. The van der Waals surface area contributed by atoms with Crippen molar-refractivity contribution in [2.24, 2.45) is 5.92 Å². The van der Waals surface area contributed by atoms with Crippen molar-refractivity contribution in [3.05, 3.63) is 118 Å². The molecule has 2 aliphatic rings. The molecule has 5 rings (SSSR count). The van der Waals surface area contributed by atoms with Gasteiger partial charge in [0.1, 0.15) is 27.3 Å². The molecule has 382 valence electrons. The van der Waals surface area contributed by atoms with E-state index in [0.29, 0.717) is 38.8 Å². The van der Waals surface area contributed by atoms with Gasteiger partial charge < -0.3 is 30.1 Å². The number of carbonyl (C=O) groups excluding carboxylic acids is 3. The van der Waals surface area contributed by atoms with Gasteiger partial charge in [-0.05, 0) is 130 Å². The standard InChI is InChI=1S/C52H69ClFN5O9S2/c1-10-55-42-25-23-37(69(9,63)64)30-39(42)51(5,6)27-16-12-11-14-21-45-52(7,8)40-31-38(70(65,66)67)24-26-43(40)58(45)28-17-13-15-22-46(60)56-32-35-29-44(59(34-35)49(62)68-50(2,3)4)48(61)57-33-36-19-18-20-41(53)47(36)54/h11-12,14,16,18-21,23-26,30-31,35,44,55H,9-10,13,15,17,22,27-29,32-34H2,1-8H3,(H,56,60)(H,57,61)(H,63,64)(H,65,66,67)/b14-11+,16-12+,45-21+. The molecule has 1 saturated heterocycles. The first-order chi connectivity index (χ1) is 32.6. The molecule has 3 aromatic carbocycles. The number of ether oxygens (including phenoxy) is 1. The van der Waals surface area contributed by atoms with Crippen molar-refractivity contribution in [1.29, 1.82) is 0 Å². The number of carbonyl (C=O) groups is 3. The Kier molecular flexibility index (Phi) is 18.2. The molecule has 2 heterocycles. The number of benzene rings is 3. The first kappa shape index (κ1) is 55.7. The van der Waals surface area contributed by atoms with Crippen molar-refractivity contribution in [3.63, 3.8) is 0 Å². The molecule has 3 amide bonds. The minimum Gasteiger partial charge on any atom is -0.444 e. The molecular weight excluding hydrogens is 957 g/mol. The summed E-state index contributed by atoms with van der Waals surface area (Å²) in [5, 5.41) is 8.98. The Hall–Kier alpha value is -5.20. The molecule has 3 atom stereocenters. The van der Waals surface area contributed by atoms with Crippen LogP contribution in [0.1, 0.15) is 111 Å². The Morgan fingerprint density at radius 1 is 0.957 bits per heavy atom. The number of hydrogen-bond acceptors (Lipinski definition) is 9. The molecule has 3 aromatic rings. The summed E-state index contributed by atoms with van der Waals surface area (Å²) < 4.78 is 76.9. The Morgan fingerprint density at radius 2 is 1.67 bits per heavy atom. The van der Waals surface area contributed by atoms with Gasteiger partial charge in [0.2, 0.25) is 11.8 Å². The Bertz CT molecular complexity index is 2730. The van der Waals surface area contributed by atoms with Crippen LogP contribution in [0.25, 0.3) is 0 Å². The van der Waals surface area contributed by atoms with E-state index in [0.717, 1.165) is 28.2 Å². The third kappa shape index (κ3) is 14.5. The highest BCUT2D eigenvalue weighted by atomic mass is 35.5. The summed E-state index contributed by atoms with van der Waals surface area (Å²) in [6.45, 7) is 16.9. The molecule has 3 unspecified atom stereocenters. The van der Waals surface area contributed by atoms with Crippen LogP contribution >= 0.6 is 11.6 Å². The molecule has 2 aliphatic heterocycles. The van der Waals surface area contributed by atoms with Gasteiger partial charge in [-0.15, -0.1) is 0 Å². The lowest BCUT2D eigenvalue weighted by Crippen LogP contribution is -2.47. The van der Waals surface area contributed by atoms with E-state index < -0.39 is 60.2 Å². The van der Waals surface area contributed by atoms with E-state index in [1.807, 2.05) is 57.2 Å². The second kappa shape index (κ2) is 22.9. The van der Waals surface area contributed by atoms with E-state index in [-0.39, 0.29) is 64.7 Å². The van der Waals surface area contributed by atoms with E-state index in [4.69, 9.17) is 16.3 Å². The summed E-state index contributed by atoms with van der Waals surface area (Å²) in [4.78, 5) is 43.3. The van der Waals surface area contributed by atoms with Gasteiger partial charge >= 0.3 is 6.09 Å². The highest BCUT2D eigenvalue weighted by Crippen LogP contribution is 2.48. The van der Waals surface area contributed by atoms with Gasteiger partial charge in [0, 0.05) is 67.2 Å². The van der Waals surface area contributed by atoms with Crippen molar-refractivity contribution in [1.82, 2.24) is 15.5 Å². The maximum absolute atomic E-state index is 14.5. The van der Waals surface area contributed by atoms with Crippen molar-refractivity contribution >= 4 is 66.7 Å². The Morgan fingerprint density at radius 3 is 2.34 bits per heavy atom. The van der Waals surface area contributed by atoms with Gasteiger partial charge in [-0.25, -0.2) is 13.4 Å². The molecule has 14 nitrogen and oxygen atoms in total. The molecule has 0 radical (unpaired) electrons. The lowest BCUT2D eigenvalue weighted by atomic mass is 9.80. The molecule has 1 fully saturated rings. The van der Waals surface area contributed by atoms with E-state index in [2.05, 4.69) is 40.6 Å². The number of unbranched alkanes of at least 4 members (excludes halogenated alkanes) is 2. The predicted molar refractivity (Wildman–Crippen MR) is 277 cm³/mol. The predicted octanol–water partition coefficient (Wildman–Crippen LogP) is 9.79. The topological polar surface area (TPSA) is 195 Å². The third-order valence-corrected chi connectivity index (χ3v) is 14.7. The fourth-order valence-electron chi connectivity index (χ4n) is 8.85. The smallest absolute Gasteiger partial charge is 0.410 e. The number of allylic oxidation sites excluding steroid dienone is 6. The monoisotopic (exact) mass is 1030 g/mol. The molecule has 5 N–H and O–H groups in total. The van der Waals surface area contributed by atoms with Gasteiger partial charge in [0.15, 0.2) is 0 Å². The number of halogens is 2. The Labute approximate surface area is 418 Å². The van der Waals surface area contributed by atoms with Crippen LogP contribution in [0.3, 0.4) is 0 Å². The second-order valence-electron chi connectivity index (χ2n) is 20.1. The number of hydrogen-bond donors (Lipinski definition) is 5. The fourth-order valence-corrected chi connectivity index (χ4v) is 10.1. The largest absolute Gasteiger partial charge is 0.444 e. The maximum atomic E-state index is 14.5. The zero-order chi connectivity index (χ0) is 51.8. The highest BCUT2D eigenvalue weighted by Gasteiger charge is 2.42. The van der Waals surface area contributed by atoms with Gasteiger partial charge in [-0.1, -0.05) is 82.2 Å². The summed E-state index contributed by atoms with van der Waals surface area (Å²) in [6, 6.07) is 13.4. The number of rotatable bonds is 20. The summed E-state index contributed by atoms with van der Waals surface area (Å²) in [5.74, 6) is 1.93. The van der Waals surface area contributed by atoms with E-state index in [1.165, 1.54) is 29.2 Å². The zero-order valence-electron chi connectivity index (χ0n) is 41.4. The van der Waals surface area contributed by atoms with Crippen molar-refractivity contribution in [3.8, 4) is 0 Å². The Balaban J connectivity index is 1.20. The number of anilines is 2. The van der Waals surface area contributed by atoms with Crippen LogP contribution in [0, 0.1) is 11.7 Å². The van der Waals surface area contributed by atoms with Crippen molar-refractivity contribution in [2.45, 2.75) is 133 Å². The molecule has 0 spiro atoms. The van der Waals surface area contributed by atoms with Crippen LogP contribution in [0.2, 0.25) is 5.02 Å². The average Bonchev–Trinajstić information content (AvgIpc) is 3.79. The lowest BCUT2D eigenvalue weighted by molar-refractivity contribution is -0.125. The van der Waals surface area contributed by atoms with Gasteiger partial charge in [0.25, 0.3) is 10.1 Å². The maximum Gasteiger partial charge on any atom is 0.410 e. The number of likely N-dealkylation sites (tertiary alicyclic amines) is 1. The first-order valence-corrected chi connectivity index (χ1v) is 27.0. The van der Waals surface area contributed by atoms with Crippen LogP contribution < -0.4 is 20.9 Å². The SMILES string of the molecule is C=S(=O)(O)c1ccc(NCC)c(C(C)(C)C/C=C/C=C/C=C2/N(CCCCCC(=O)NCC3CC(C(=O)NCc4cccc(Cl)c4F)N(C(=O)OC(C)(C)C)C3)c3ccc(S(=O)(=O)O)cc3C2(C)C)c1. The first-order valence-electron chi connectivity index (χ1n) is 23.5. The molecule has 0 aromatic heterocycles. The number of fused-ring (bicyclic) bond motifs is 1. The van der Waals surface area contributed by atoms with Crippen LogP contribution in [-0.4, -0.2) is 88.2 Å². The molecule has 18 heteroatoms. The van der Waals surface area contributed by atoms with Gasteiger partial charge in [-0.3, -0.25) is 19.0 Å². The minimum absolute atomic E-state index is 0.0638. The normalized spacial score (nSPS) is 18.6. The molecule has 70 heavy (non-hydrogen) atoms. The second-order valence-corrected chi connectivity index (χ2v) is 23.6.